The zero-order valence-corrected chi connectivity index (χ0v) is 20.8. The number of aryl methyl sites for hydroxylation is 1. The fourth-order valence-electron chi connectivity index (χ4n) is 6.34. The maximum atomic E-state index is 13.6. The topological polar surface area (TPSA) is 62.6 Å². The molecule has 1 N–H and O–H groups in total. The summed E-state index contributed by atoms with van der Waals surface area (Å²) in [6, 6.07) is 25.9. The molecule has 0 radical (unpaired) electrons. The lowest BCUT2D eigenvalue weighted by atomic mass is 9.55. The van der Waals surface area contributed by atoms with Crippen molar-refractivity contribution >= 4 is 29.5 Å². The molecule has 0 saturated carbocycles. The summed E-state index contributed by atoms with van der Waals surface area (Å²) in [6.45, 7) is 1.95. The van der Waals surface area contributed by atoms with Crippen LogP contribution >= 0.6 is 11.6 Å². The van der Waals surface area contributed by atoms with Gasteiger partial charge in [-0.1, -0.05) is 72.3 Å². The van der Waals surface area contributed by atoms with Crippen LogP contribution in [0.1, 0.15) is 45.4 Å². The maximum absolute atomic E-state index is 13.6. The van der Waals surface area contributed by atoms with E-state index in [-0.39, 0.29) is 23.7 Å². The Morgan fingerprint density at radius 2 is 1.38 bits per heavy atom. The molecule has 2 atom stereocenters. The molecule has 1 aromatic heterocycles. The van der Waals surface area contributed by atoms with Crippen molar-refractivity contribution in [3.05, 3.63) is 124 Å². The summed E-state index contributed by atoms with van der Waals surface area (Å²) in [5.41, 5.74) is 9.46. The van der Waals surface area contributed by atoms with Crippen LogP contribution in [0, 0.1) is 18.8 Å². The minimum absolute atomic E-state index is 0.122. The smallest absolute Gasteiger partial charge is 0.253 e. The normalized spacial score (nSPS) is 23.4. The lowest BCUT2D eigenvalue weighted by Gasteiger charge is -2.45. The summed E-state index contributed by atoms with van der Waals surface area (Å²) in [4.78, 5) is 27.2. The molecule has 2 amide bonds. The average molecular weight is 507 g/mol. The van der Waals surface area contributed by atoms with Crippen molar-refractivity contribution in [2.45, 2.75) is 18.8 Å². The molecule has 1 fully saturated rings. The number of hydrazine groups is 1. The summed E-state index contributed by atoms with van der Waals surface area (Å²) in [5, 5.41) is 1.87. The third-order valence-electron chi connectivity index (χ3n) is 7.98. The van der Waals surface area contributed by atoms with Crippen LogP contribution in [0.4, 0.5) is 0 Å². The number of imide groups is 1. The second-order valence-electron chi connectivity index (χ2n) is 9.91. The number of carbonyl (C=O) groups excluding carboxylic acids is 2. The number of hydrogen-bond acceptors (Lipinski definition) is 4. The molecular weight excluding hydrogens is 484 g/mol. The molecule has 6 heteroatoms. The van der Waals surface area contributed by atoms with Crippen LogP contribution in [-0.2, 0) is 9.59 Å². The first-order valence-electron chi connectivity index (χ1n) is 12.4. The molecular formula is C31H23ClN2O3. The summed E-state index contributed by atoms with van der Waals surface area (Å²) in [6.07, 6.45) is 3.29. The lowest BCUT2D eigenvalue weighted by molar-refractivity contribution is -0.142. The van der Waals surface area contributed by atoms with Crippen molar-refractivity contribution < 1.29 is 14.0 Å². The van der Waals surface area contributed by atoms with Gasteiger partial charge in [0, 0.05) is 28.6 Å². The second-order valence-corrected chi connectivity index (χ2v) is 10.3. The first-order valence-corrected chi connectivity index (χ1v) is 12.8. The van der Waals surface area contributed by atoms with E-state index in [1.54, 1.807) is 12.3 Å². The van der Waals surface area contributed by atoms with Crippen LogP contribution in [-0.4, -0.2) is 16.8 Å². The SMILES string of the molecule is Cc1ccc(-c2ccc(/C=C/NN3C(=O)[C@@H]4C5c6ccccc6C(c6ccccc65)[C@H]4C3=O)o2)cc1Cl. The van der Waals surface area contributed by atoms with E-state index in [0.29, 0.717) is 16.5 Å². The Morgan fingerprint density at radius 1 is 0.811 bits per heavy atom. The number of nitrogens with zero attached hydrogens (tertiary/aromatic N) is 1. The molecule has 2 bridgehead atoms. The van der Waals surface area contributed by atoms with Gasteiger partial charge in [-0.15, -0.1) is 0 Å². The molecule has 1 saturated heterocycles. The van der Waals surface area contributed by atoms with Gasteiger partial charge in [-0.3, -0.25) is 15.0 Å². The van der Waals surface area contributed by atoms with Gasteiger partial charge in [0.15, 0.2) is 0 Å². The molecule has 4 aliphatic rings. The Balaban J connectivity index is 1.16. The number of hydrogen-bond donors (Lipinski definition) is 1. The number of amides is 2. The monoisotopic (exact) mass is 506 g/mol. The molecule has 4 aromatic rings. The highest BCUT2D eigenvalue weighted by molar-refractivity contribution is 6.31. The Morgan fingerprint density at radius 3 is 1.92 bits per heavy atom. The average Bonchev–Trinajstić information content (AvgIpc) is 3.49. The Kier molecular flexibility index (Phi) is 4.92. The van der Waals surface area contributed by atoms with Crippen LogP contribution in [0.5, 0.6) is 0 Å². The molecule has 3 aromatic carbocycles. The lowest BCUT2D eigenvalue weighted by Crippen LogP contribution is -2.41. The first kappa shape index (κ1) is 22.1. The van der Waals surface area contributed by atoms with E-state index >= 15 is 0 Å². The number of benzene rings is 3. The van der Waals surface area contributed by atoms with Crippen LogP contribution < -0.4 is 5.43 Å². The van der Waals surface area contributed by atoms with E-state index < -0.39 is 11.8 Å². The number of furan rings is 1. The molecule has 0 spiro atoms. The number of nitrogens with one attached hydrogen (secondary N) is 1. The summed E-state index contributed by atoms with van der Waals surface area (Å²) in [7, 11) is 0. The summed E-state index contributed by atoms with van der Waals surface area (Å²) < 4.78 is 5.93. The predicted molar refractivity (Wildman–Crippen MR) is 141 cm³/mol. The van der Waals surface area contributed by atoms with Crippen LogP contribution in [0.15, 0.2) is 89.5 Å². The molecule has 0 unspecified atom stereocenters. The van der Waals surface area contributed by atoms with Gasteiger partial charge in [0.05, 0.1) is 11.8 Å². The molecule has 3 aliphatic carbocycles. The van der Waals surface area contributed by atoms with Crippen molar-refractivity contribution in [1.29, 1.82) is 0 Å². The van der Waals surface area contributed by atoms with Crippen LogP contribution in [0.3, 0.4) is 0 Å². The fourth-order valence-corrected chi connectivity index (χ4v) is 6.52. The minimum atomic E-state index is -0.412. The highest BCUT2D eigenvalue weighted by atomic mass is 35.5. The summed E-state index contributed by atoms with van der Waals surface area (Å²) >= 11 is 6.26. The van der Waals surface area contributed by atoms with E-state index in [1.165, 1.54) is 5.01 Å². The standard InChI is InChI=1S/C31H23ClN2O3/c1-17-10-11-18(16-24(17)32)25-13-12-19(37-25)14-15-33-34-30(35)28-26-20-6-2-3-7-21(20)27(29(28)31(34)36)23-9-5-4-8-22(23)26/h2-16,26-29,33H,1H3/b15-14+/t26?,27?,28-,29-/m1/s1. The highest BCUT2D eigenvalue weighted by Crippen LogP contribution is 2.60. The van der Waals surface area contributed by atoms with E-state index in [4.69, 9.17) is 16.0 Å². The molecule has 37 heavy (non-hydrogen) atoms. The minimum Gasteiger partial charge on any atom is -0.457 e. The largest absolute Gasteiger partial charge is 0.457 e. The van der Waals surface area contributed by atoms with Gasteiger partial charge >= 0.3 is 0 Å². The third kappa shape index (κ3) is 3.24. The molecule has 8 rings (SSSR count). The zero-order chi connectivity index (χ0) is 25.3. The van der Waals surface area contributed by atoms with Gasteiger partial charge < -0.3 is 4.42 Å². The van der Waals surface area contributed by atoms with Crippen molar-refractivity contribution in [3.8, 4) is 11.3 Å². The molecule has 2 heterocycles. The van der Waals surface area contributed by atoms with Crippen molar-refractivity contribution in [2.75, 3.05) is 0 Å². The predicted octanol–water partition coefficient (Wildman–Crippen LogP) is 6.28. The number of rotatable bonds is 4. The van der Waals surface area contributed by atoms with Gasteiger partial charge in [-0.25, -0.2) is 0 Å². The van der Waals surface area contributed by atoms with Crippen LogP contribution in [0.2, 0.25) is 5.02 Å². The number of carbonyl (C=O) groups is 2. The van der Waals surface area contributed by atoms with E-state index in [0.717, 1.165) is 33.4 Å². The van der Waals surface area contributed by atoms with Gasteiger partial charge in [-0.2, -0.15) is 5.01 Å². The van der Waals surface area contributed by atoms with Gasteiger partial charge in [0.25, 0.3) is 11.8 Å². The van der Waals surface area contributed by atoms with Crippen LogP contribution in [0.25, 0.3) is 17.4 Å². The molecule has 182 valence electrons. The second kappa shape index (κ2) is 8.22. The number of halogens is 1. The zero-order valence-electron chi connectivity index (χ0n) is 20.0. The molecule has 5 nitrogen and oxygen atoms in total. The maximum Gasteiger partial charge on any atom is 0.253 e. The van der Waals surface area contributed by atoms with Crippen molar-refractivity contribution in [2.24, 2.45) is 11.8 Å². The first-order chi connectivity index (χ1) is 18.0. The van der Waals surface area contributed by atoms with Crippen molar-refractivity contribution in [1.82, 2.24) is 10.4 Å². The van der Waals surface area contributed by atoms with E-state index in [2.05, 4.69) is 29.7 Å². The van der Waals surface area contributed by atoms with Gasteiger partial charge in [0.1, 0.15) is 11.5 Å². The van der Waals surface area contributed by atoms with E-state index in [1.807, 2.05) is 61.5 Å². The highest BCUT2D eigenvalue weighted by Gasteiger charge is 2.61. The fraction of sp³-hybridized carbons (Fsp3) is 0.161. The Bertz CT molecular complexity index is 1500. The Hall–Kier alpha value is -4.09. The third-order valence-corrected chi connectivity index (χ3v) is 8.39. The van der Waals surface area contributed by atoms with E-state index in [9.17, 15) is 9.59 Å². The summed E-state index contributed by atoms with van der Waals surface area (Å²) in [5.74, 6) is -0.161. The van der Waals surface area contributed by atoms with Gasteiger partial charge in [0.2, 0.25) is 0 Å². The van der Waals surface area contributed by atoms with Gasteiger partial charge in [-0.05, 0) is 59.0 Å². The van der Waals surface area contributed by atoms with Crippen molar-refractivity contribution in [3.63, 3.8) is 0 Å². The molecule has 1 aliphatic heterocycles. The quantitative estimate of drug-likeness (QED) is 0.331. The Labute approximate surface area is 219 Å².